The van der Waals surface area contributed by atoms with E-state index in [2.05, 4.69) is 6.07 Å². The second-order valence-corrected chi connectivity index (χ2v) is 9.67. The van der Waals surface area contributed by atoms with Gasteiger partial charge in [0.15, 0.2) is 0 Å². The molecule has 0 atom stereocenters. The van der Waals surface area contributed by atoms with Crippen molar-refractivity contribution in [3.63, 3.8) is 0 Å². The molecule has 182 valence electrons. The molecule has 0 heterocycles. The van der Waals surface area contributed by atoms with Gasteiger partial charge in [0.25, 0.3) is 0 Å². The molecule has 3 aromatic carbocycles. The highest BCUT2D eigenvalue weighted by atomic mass is 19.4. The van der Waals surface area contributed by atoms with Gasteiger partial charge in [-0.2, -0.15) is 13.2 Å². The molecule has 0 unspecified atom stereocenters. The summed E-state index contributed by atoms with van der Waals surface area (Å²) in [5.74, 6) is 1.24. The summed E-state index contributed by atoms with van der Waals surface area (Å²) in [4.78, 5) is 0. The number of benzene rings is 3. The van der Waals surface area contributed by atoms with Crippen molar-refractivity contribution in [3.05, 3.63) is 82.7 Å². The SMILES string of the molecule is COCC1CCC(CCc2ccc3c(F)c(CCc4ccc(C(F)(F)F)cc4)ccc3c2)CC1. The molecule has 34 heavy (non-hydrogen) atoms. The largest absolute Gasteiger partial charge is 0.416 e. The molecule has 0 saturated heterocycles. The summed E-state index contributed by atoms with van der Waals surface area (Å²) in [7, 11) is 1.77. The molecule has 0 aromatic heterocycles. The molecule has 5 heteroatoms. The Bertz CT molecular complexity index is 1080. The van der Waals surface area contributed by atoms with Gasteiger partial charge < -0.3 is 4.74 Å². The zero-order valence-corrected chi connectivity index (χ0v) is 19.6. The normalized spacial score (nSPS) is 19.0. The fourth-order valence-corrected chi connectivity index (χ4v) is 5.17. The molecule has 1 aliphatic rings. The summed E-state index contributed by atoms with van der Waals surface area (Å²) >= 11 is 0. The van der Waals surface area contributed by atoms with Gasteiger partial charge in [0.05, 0.1) is 5.56 Å². The monoisotopic (exact) mass is 472 g/mol. The van der Waals surface area contributed by atoms with Crippen LogP contribution in [0.2, 0.25) is 0 Å². The zero-order chi connectivity index (χ0) is 24.1. The predicted molar refractivity (Wildman–Crippen MR) is 128 cm³/mol. The molecule has 1 fully saturated rings. The Morgan fingerprint density at radius 1 is 0.794 bits per heavy atom. The van der Waals surface area contributed by atoms with E-state index in [1.165, 1.54) is 49.8 Å². The first kappa shape index (κ1) is 24.7. The molecule has 1 nitrogen and oxygen atoms in total. The highest BCUT2D eigenvalue weighted by Crippen LogP contribution is 2.33. The number of hydrogen-bond donors (Lipinski definition) is 0. The molecular weight excluding hydrogens is 440 g/mol. The van der Waals surface area contributed by atoms with Crippen molar-refractivity contribution in [2.75, 3.05) is 13.7 Å². The smallest absolute Gasteiger partial charge is 0.384 e. The van der Waals surface area contributed by atoms with Crippen LogP contribution in [0.25, 0.3) is 10.8 Å². The van der Waals surface area contributed by atoms with Crippen LogP contribution in [0, 0.1) is 17.7 Å². The molecule has 0 radical (unpaired) electrons. The van der Waals surface area contributed by atoms with Crippen molar-refractivity contribution in [2.45, 2.75) is 57.5 Å². The third-order valence-corrected chi connectivity index (χ3v) is 7.27. The summed E-state index contributed by atoms with van der Waals surface area (Å²) in [5.41, 5.74) is 1.93. The van der Waals surface area contributed by atoms with E-state index < -0.39 is 11.7 Å². The van der Waals surface area contributed by atoms with Crippen LogP contribution in [0.5, 0.6) is 0 Å². The predicted octanol–water partition coefficient (Wildman–Crippen LogP) is 8.17. The van der Waals surface area contributed by atoms with Crippen molar-refractivity contribution in [1.29, 1.82) is 0 Å². The van der Waals surface area contributed by atoms with Crippen LogP contribution in [0.4, 0.5) is 17.6 Å². The van der Waals surface area contributed by atoms with E-state index in [9.17, 15) is 13.2 Å². The first-order valence-corrected chi connectivity index (χ1v) is 12.2. The Hall–Kier alpha value is -2.40. The van der Waals surface area contributed by atoms with E-state index in [1.807, 2.05) is 24.3 Å². The molecule has 4 rings (SSSR count). The van der Waals surface area contributed by atoms with Gasteiger partial charge in [-0.1, -0.05) is 55.3 Å². The molecule has 0 spiro atoms. The van der Waals surface area contributed by atoms with Crippen LogP contribution in [0.3, 0.4) is 0 Å². The Balaban J connectivity index is 1.35. The molecular formula is C29H32F4O. The van der Waals surface area contributed by atoms with E-state index >= 15 is 4.39 Å². The van der Waals surface area contributed by atoms with Crippen molar-refractivity contribution < 1.29 is 22.3 Å². The minimum absolute atomic E-state index is 0.229. The summed E-state index contributed by atoms with van der Waals surface area (Å²) in [6.45, 7) is 0.870. The van der Waals surface area contributed by atoms with Crippen LogP contribution >= 0.6 is 0 Å². The van der Waals surface area contributed by atoms with Gasteiger partial charge in [-0.25, -0.2) is 4.39 Å². The topological polar surface area (TPSA) is 9.23 Å². The second-order valence-electron chi connectivity index (χ2n) is 9.67. The number of methoxy groups -OCH3 is 1. The highest BCUT2D eigenvalue weighted by molar-refractivity contribution is 5.84. The van der Waals surface area contributed by atoms with Gasteiger partial charge in [0, 0.05) is 19.1 Å². The molecule has 1 saturated carbocycles. The maximum Gasteiger partial charge on any atom is 0.416 e. The zero-order valence-electron chi connectivity index (χ0n) is 19.6. The number of aryl methyl sites for hydroxylation is 3. The Labute approximate surface area is 199 Å². The van der Waals surface area contributed by atoms with Crippen LogP contribution < -0.4 is 0 Å². The summed E-state index contributed by atoms with van der Waals surface area (Å²) in [6, 6.07) is 14.9. The van der Waals surface area contributed by atoms with Gasteiger partial charge in [-0.05, 0) is 84.6 Å². The number of ether oxygens (including phenoxy) is 1. The van der Waals surface area contributed by atoms with Crippen LogP contribution in [-0.2, 0) is 30.2 Å². The van der Waals surface area contributed by atoms with Gasteiger partial charge in [-0.3, -0.25) is 0 Å². The third kappa shape index (κ3) is 6.18. The van der Waals surface area contributed by atoms with Crippen LogP contribution in [0.15, 0.2) is 54.6 Å². The van der Waals surface area contributed by atoms with Crippen LogP contribution in [0.1, 0.15) is 54.4 Å². The molecule has 0 N–H and O–H groups in total. The molecule has 1 aliphatic carbocycles. The average molecular weight is 473 g/mol. The Morgan fingerprint density at radius 3 is 2.15 bits per heavy atom. The highest BCUT2D eigenvalue weighted by Gasteiger charge is 2.29. The van der Waals surface area contributed by atoms with Gasteiger partial charge in [0.1, 0.15) is 5.82 Å². The van der Waals surface area contributed by atoms with E-state index in [1.54, 1.807) is 7.11 Å². The van der Waals surface area contributed by atoms with Gasteiger partial charge in [-0.15, -0.1) is 0 Å². The lowest BCUT2D eigenvalue weighted by atomic mass is 9.80. The summed E-state index contributed by atoms with van der Waals surface area (Å²) in [5, 5.41) is 1.51. The third-order valence-electron chi connectivity index (χ3n) is 7.27. The lowest BCUT2D eigenvalue weighted by molar-refractivity contribution is -0.137. The van der Waals surface area contributed by atoms with Crippen molar-refractivity contribution in [1.82, 2.24) is 0 Å². The lowest BCUT2D eigenvalue weighted by Crippen LogP contribution is -2.18. The number of halogens is 4. The minimum atomic E-state index is -4.34. The van der Waals surface area contributed by atoms with E-state index in [0.717, 1.165) is 42.0 Å². The number of hydrogen-bond acceptors (Lipinski definition) is 1. The maximum absolute atomic E-state index is 15.1. The van der Waals surface area contributed by atoms with E-state index in [0.29, 0.717) is 29.7 Å². The van der Waals surface area contributed by atoms with Crippen LogP contribution in [-0.4, -0.2) is 13.7 Å². The summed E-state index contributed by atoms with van der Waals surface area (Å²) in [6.07, 6.45) is 3.79. The quantitative estimate of drug-likeness (QED) is 0.301. The first-order valence-electron chi connectivity index (χ1n) is 12.2. The van der Waals surface area contributed by atoms with E-state index in [4.69, 9.17) is 4.74 Å². The van der Waals surface area contributed by atoms with Crippen molar-refractivity contribution in [3.8, 4) is 0 Å². The van der Waals surface area contributed by atoms with Crippen molar-refractivity contribution in [2.24, 2.45) is 11.8 Å². The molecule has 0 aliphatic heterocycles. The average Bonchev–Trinajstić information content (AvgIpc) is 2.83. The number of fused-ring (bicyclic) bond motifs is 1. The molecule has 0 amide bonds. The number of rotatable bonds is 8. The van der Waals surface area contributed by atoms with E-state index in [-0.39, 0.29) is 5.82 Å². The number of alkyl halides is 3. The maximum atomic E-state index is 15.1. The fourth-order valence-electron chi connectivity index (χ4n) is 5.17. The fraction of sp³-hybridized carbons (Fsp3) is 0.448. The minimum Gasteiger partial charge on any atom is -0.384 e. The second kappa shape index (κ2) is 10.9. The van der Waals surface area contributed by atoms with Gasteiger partial charge >= 0.3 is 6.18 Å². The van der Waals surface area contributed by atoms with Crippen molar-refractivity contribution >= 4 is 10.8 Å². The Kier molecular flexibility index (Phi) is 7.92. The molecule has 0 bridgehead atoms. The lowest BCUT2D eigenvalue weighted by Gasteiger charge is -2.28. The Morgan fingerprint density at radius 2 is 1.47 bits per heavy atom. The first-order chi connectivity index (χ1) is 16.3. The summed E-state index contributed by atoms with van der Waals surface area (Å²) < 4.78 is 58.6. The van der Waals surface area contributed by atoms with Gasteiger partial charge in [0.2, 0.25) is 0 Å². The molecule has 3 aromatic rings. The standard InChI is InChI=1S/C29H32F4O/c1-34-19-23-6-3-20(4-7-23)2-5-22-11-17-27-25(18-22)14-13-24(28(27)30)12-8-21-9-15-26(16-10-21)29(31,32)33/h9-11,13-18,20,23H,2-8,12,19H2,1H3.